The Morgan fingerprint density at radius 1 is 1.73 bits per heavy atom. The molecule has 88 valence electrons. The molecule has 2 atom stereocenters. The lowest BCUT2D eigenvalue weighted by atomic mass is 10.0. The fraction of sp³-hybridized carbons (Fsp3) is 0.900. The highest BCUT2D eigenvalue weighted by Gasteiger charge is 2.34. The van der Waals surface area contributed by atoms with Crippen molar-refractivity contribution in [1.82, 2.24) is 5.32 Å². The quantitative estimate of drug-likeness (QED) is 0.667. The van der Waals surface area contributed by atoms with Crippen molar-refractivity contribution in [2.45, 2.75) is 31.4 Å². The average molecular weight is 217 g/mol. The Balaban J connectivity index is 2.30. The van der Waals surface area contributed by atoms with Crippen LogP contribution < -0.4 is 5.32 Å². The van der Waals surface area contributed by atoms with Crippen molar-refractivity contribution in [3.8, 4) is 0 Å². The van der Waals surface area contributed by atoms with E-state index < -0.39 is 5.97 Å². The summed E-state index contributed by atoms with van der Waals surface area (Å²) < 4.78 is 10.7. The fourth-order valence-corrected chi connectivity index (χ4v) is 1.66. The van der Waals surface area contributed by atoms with E-state index in [-0.39, 0.29) is 18.1 Å². The lowest BCUT2D eigenvalue weighted by Crippen LogP contribution is -2.46. The van der Waals surface area contributed by atoms with Gasteiger partial charge in [-0.25, -0.2) is 0 Å². The molecule has 0 radical (unpaired) electrons. The van der Waals surface area contributed by atoms with Crippen LogP contribution in [0.25, 0.3) is 0 Å². The minimum atomic E-state index is -0.788. The first-order valence-electron chi connectivity index (χ1n) is 5.16. The molecule has 0 saturated carbocycles. The number of rotatable bonds is 6. The van der Waals surface area contributed by atoms with Gasteiger partial charge in [-0.05, 0) is 6.92 Å². The minimum Gasteiger partial charge on any atom is -0.481 e. The van der Waals surface area contributed by atoms with Crippen LogP contribution in [0.2, 0.25) is 0 Å². The van der Waals surface area contributed by atoms with Gasteiger partial charge in [-0.15, -0.1) is 0 Å². The van der Waals surface area contributed by atoms with E-state index >= 15 is 0 Å². The number of nitrogens with one attached hydrogen (secondary N) is 1. The zero-order valence-corrected chi connectivity index (χ0v) is 9.28. The van der Waals surface area contributed by atoms with Crippen molar-refractivity contribution in [2.75, 3.05) is 26.9 Å². The topological polar surface area (TPSA) is 67.8 Å². The summed E-state index contributed by atoms with van der Waals surface area (Å²) in [7, 11) is 1.66. The van der Waals surface area contributed by atoms with E-state index in [1.807, 2.05) is 6.92 Å². The maximum atomic E-state index is 10.5. The van der Waals surface area contributed by atoms with Crippen LogP contribution >= 0.6 is 0 Å². The second-order valence-electron chi connectivity index (χ2n) is 4.07. The van der Waals surface area contributed by atoms with E-state index in [0.717, 1.165) is 6.42 Å². The molecule has 0 bridgehead atoms. The smallest absolute Gasteiger partial charge is 0.304 e. The van der Waals surface area contributed by atoms with E-state index in [2.05, 4.69) is 5.32 Å². The molecule has 0 amide bonds. The molecular formula is C10H19NO4. The standard InChI is InChI=1S/C10H19NO4/c1-8(5-9(12)13)11-6-10(14-2)3-4-15-7-10/h8,11H,3-7H2,1-2H3,(H,12,13). The van der Waals surface area contributed by atoms with E-state index in [1.54, 1.807) is 7.11 Å². The van der Waals surface area contributed by atoms with Gasteiger partial charge in [0.1, 0.15) is 5.60 Å². The molecule has 0 aromatic heterocycles. The van der Waals surface area contributed by atoms with Gasteiger partial charge in [0, 0.05) is 32.7 Å². The van der Waals surface area contributed by atoms with Crippen molar-refractivity contribution < 1.29 is 19.4 Å². The maximum absolute atomic E-state index is 10.5. The number of hydrogen-bond donors (Lipinski definition) is 2. The van der Waals surface area contributed by atoms with Crippen molar-refractivity contribution in [3.05, 3.63) is 0 Å². The Morgan fingerprint density at radius 2 is 2.47 bits per heavy atom. The molecule has 1 rings (SSSR count). The van der Waals surface area contributed by atoms with Crippen molar-refractivity contribution >= 4 is 5.97 Å². The second-order valence-corrected chi connectivity index (χ2v) is 4.07. The molecule has 1 saturated heterocycles. The Bertz CT molecular complexity index is 213. The molecular weight excluding hydrogens is 198 g/mol. The zero-order chi connectivity index (χ0) is 11.3. The van der Waals surface area contributed by atoms with E-state index in [0.29, 0.717) is 19.8 Å². The molecule has 2 N–H and O–H groups in total. The highest BCUT2D eigenvalue weighted by molar-refractivity contribution is 5.67. The summed E-state index contributed by atoms with van der Waals surface area (Å²) in [6.45, 7) is 3.78. The largest absolute Gasteiger partial charge is 0.481 e. The van der Waals surface area contributed by atoms with Gasteiger partial charge in [0.25, 0.3) is 0 Å². The number of carboxylic acids is 1. The molecule has 1 aliphatic rings. The Kier molecular flexibility index (Phi) is 4.50. The summed E-state index contributed by atoms with van der Waals surface area (Å²) in [4.78, 5) is 10.5. The Morgan fingerprint density at radius 3 is 2.93 bits per heavy atom. The first kappa shape index (κ1) is 12.4. The minimum absolute atomic E-state index is 0.0462. The first-order valence-corrected chi connectivity index (χ1v) is 5.16. The van der Waals surface area contributed by atoms with Crippen LogP contribution in [-0.2, 0) is 14.3 Å². The number of hydrogen-bond acceptors (Lipinski definition) is 4. The number of ether oxygens (including phenoxy) is 2. The summed E-state index contributed by atoms with van der Waals surface area (Å²) in [6.07, 6.45) is 0.983. The van der Waals surface area contributed by atoms with Gasteiger partial charge in [0.2, 0.25) is 0 Å². The van der Waals surface area contributed by atoms with E-state index in [1.165, 1.54) is 0 Å². The number of carbonyl (C=O) groups is 1. The molecule has 5 nitrogen and oxygen atoms in total. The molecule has 1 heterocycles. The van der Waals surface area contributed by atoms with Gasteiger partial charge < -0.3 is 19.9 Å². The predicted molar refractivity (Wildman–Crippen MR) is 54.9 cm³/mol. The van der Waals surface area contributed by atoms with Crippen LogP contribution in [0.1, 0.15) is 19.8 Å². The number of aliphatic carboxylic acids is 1. The SMILES string of the molecule is COC1(CNC(C)CC(=O)O)CCOC1. The van der Waals surface area contributed by atoms with Crippen LogP contribution in [0, 0.1) is 0 Å². The van der Waals surface area contributed by atoms with Crippen molar-refractivity contribution in [2.24, 2.45) is 0 Å². The predicted octanol–water partition coefficient (Wildman–Crippen LogP) is 0.245. The molecule has 0 aliphatic carbocycles. The van der Waals surface area contributed by atoms with Gasteiger partial charge in [0.05, 0.1) is 13.0 Å². The molecule has 15 heavy (non-hydrogen) atoms. The summed E-state index contributed by atoms with van der Waals surface area (Å²) in [5.74, 6) is -0.788. The monoisotopic (exact) mass is 217 g/mol. The first-order chi connectivity index (χ1) is 7.08. The second kappa shape index (κ2) is 5.44. The lowest BCUT2D eigenvalue weighted by molar-refractivity contribution is -0.137. The third-order valence-electron chi connectivity index (χ3n) is 2.75. The van der Waals surface area contributed by atoms with Gasteiger partial charge in [-0.1, -0.05) is 0 Å². The Hall–Kier alpha value is -0.650. The Labute approximate surface area is 89.8 Å². The zero-order valence-electron chi connectivity index (χ0n) is 9.28. The molecule has 5 heteroatoms. The number of methoxy groups -OCH3 is 1. The van der Waals surface area contributed by atoms with Gasteiger partial charge in [0.15, 0.2) is 0 Å². The molecule has 2 unspecified atom stereocenters. The van der Waals surface area contributed by atoms with Crippen molar-refractivity contribution in [3.63, 3.8) is 0 Å². The van der Waals surface area contributed by atoms with Crippen LogP contribution in [0.4, 0.5) is 0 Å². The number of carboxylic acid groups (broad SMARTS) is 1. The average Bonchev–Trinajstić information content (AvgIpc) is 2.63. The van der Waals surface area contributed by atoms with Gasteiger partial charge in [-0.3, -0.25) is 4.79 Å². The molecule has 0 aromatic carbocycles. The summed E-state index contributed by atoms with van der Waals surface area (Å²) in [6, 6.07) is -0.0462. The fourth-order valence-electron chi connectivity index (χ4n) is 1.66. The summed E-state index contributed by atoms with van der Waals surface area (Å²) in [5.41, 5.74) is -0.271. The highest BCUT2D eigenvalue weighted by Crippen LogP contribution is 2.21. The molecule has 0 spiro atoms. The third-order valence-corrected chi connectivity index (χ3v) is 2.75. The van der Waals surface area contributed by atoms with Crippen LogP contribution in [0.15, 0.2) is 0 Å². The molecule has 1 aliphatic heterocycles. The molecule has 1 fully saturated rings. The van der Waals surface area contributed by atoms with Crippen LogP contribution in [-0.4, -0.2) is 49.6 Å². The normalized spacial score (nSPS) is 27.9. The summed E-state index contributed by atoms with van der Waals surface area (Å²) in [5, 5.41) is 11.8. The van der Waals surface area contributed by atoms with E-state index in [4.69, 9.17) is 14.6 Å². The highest BCUT2D eigenvalue weighted by atomic mass is 16.5. The lowest BCUT2D eigenvalue weighted by Gasteiger charge is -2.27. The van der Waals surface area contributed by atoms with E-state index in [9.17, 15) is 4.79 Å². The van der Waals surface area contributed by atoms with Gasteiger partial charge in [-0.2, -0.15) is 0 Å². The van der Waals surface area contributed by atoms with Crippen LogP contribution in [0.3, 0.4) is 0 Å². The van der Waals surface area contributed by atoms with Crippen molar-refractivity contribution in [1.29, 1.82) is 0 Å². The van der Waals surface area contributed by atoms with Gasteiger partial charge >= 0.3 is 5.97 Å². The van der Waals surface area contributed by atoms with Crippen LogP contribution in [0.5, 0.6) is 0 Å². The third kappa shape index (κ3) is 3.77. The summed E-state index contributed by atoms with van der Waals surface area (Å²) >= 11 is 0. The maximum Gasteiger partial charge on any atom is 0.304 e. The molecule has 0 aromatic rings.